The van der Waals surface area contributed by atoms with Crippen LogP contribution in [0.3, 0.4) is 0 Å². The Hall–Kier alpha value is -3.23. The molecule has 0 aromatic carbocycles. The van der Waals surface area contributed by atoms with E-state index in [1.165, 1.54) is 16.9 Å². The number of nitrogens with one attached hydrogen (secondary N) is 1. The fraction of sp³-hybridized carbons (Fsp3) is 0.222. The van der Waals surface area contributed by atoms with Gasteiger partial charge in [-0.25, -0.2) is 9.67 Å². The van der Waals surface area contributed by atoms with Crippen LogP contribution in [0.5, 0.6) is 0 Å². The van der Waals surface area contributed by atoms with E-state index in [1.54, 1.807) is 19.2 Å². The average Bonchev–Trinajstić information content (AvgIpc) is 3.03. The molecule has 3 rings (SSSR count). The van der Waals surface area contributed by atoms with Crippen LogP contribution in [0.2, 0.25) is 0 Å². The fourth-order valence-corrected chi connectivity index (χ4v) is 2.45. The van der Waals surface area contributed by atoms with Crippen molar-refractivity contribution in [1.29, 1.82) is 0 Å². The first kappa shape index (κ1) is 18.6. The molecular weight excluding hydrogens is 359 g/mol. The number of carbonyl (C=O) groups is 1. The van der Waals surface area contributed by atoms with Gasteiger partial charge in [0.2, 0.25) is 0 Å². The van der Waals surface area contributed by atoms with E-state index < -0.39 is 17.6 Å². The highest BCUT2D eigenvalue weighted by Gasteiger charge is 2.30. The molecule has 0 aliphatic heterocycles. The van der Waals surface area contributed by atoms with Crippen LogP contribution in [0.15, 0.2) is 42.9 Å². The van der Waals surface area contributed by atoms with Crippen LogP contribution in [-0.4, -0.2) is 25.7 Å². The summed E-state index contributed by atoms with van der Waals surface area (Å²) in [7, 11) is 0. The second-order valence-corrected chi connectivity index (χ2v) is 5.80. The van der Waals surface area contributed by atoms with Crippen molar-refractivity contribution in [3.05, 3.63) is 65.4 Å². The van der Waals surface area contributed by atoms with Crippen molar-refractivity contribution < 1.29 is 18.0 Å². The predicted octanol–water partition coefficient (Wildman–Crippen LogP) is 3.80. The molecule has 0 radical (unpaired) electrons. The van der Waals surface area contributed by atoms with E-state index in [2.05, 4.69) is 20.4 Å². The molecule has 9 heteroatoms. The van der Waals surface area contributed by atoms with Gasteiger partial charge in [-0.15, -0.1) is 0 Å². The molecule has 0 fully saturated rings. The molecule has 0 saturated heterocycles. The Morgan fingerprint density at radius 3 is 2.44 bits per heavy atom. The van der Waals surface area contributed by atoms with Gasteiger partial charge < -0.3 is 5.32 Å². The Morgan fingerprint density at radius 1 is 1.11 bits per heavy atom. The van der Waals surface area contributed by atoms with Crippen LogP contribution in [0, 0.1) is 6.92 Å². The van der Waals surface area contributed by atoms with Gasteiger partial charge in [0.25, 0.3) is 5.91 Å². The number of pyridine rings is 2. The van der Waals surface area contributed by atoms with Gasteiger partial charge in [-0.3, -0.25) is 9.78 Å². The number of carbonyl (C=O) groups excluding carboxylic acids is 1. The molecule has 0 spiro atoms. The summed E-state index contributed by atoms with van der Waals surface area (Å²) in [5, 5.41) is 6.78. The average molecular weight is 375 g/mol. The Bertz CT molecular complexity index is 947. The van der Waals surface area contributed by atoms with Gasteiger partial charge in [0.1, 0.15) is 0 Å². The summed E-state index contributed by atoms with van der Waals surface area (Å²) in [6, 6.07) is 5.70. The van der Waals surface area contributed by atoms with E-state index in [0.717, 1.165) is 24.4 Å². The number of rotatable bonds is 4. The number of aryl methyl sites for hydroxylation is 1. The van der Waals surface area contributed by atoms with Gasteiger partial charge in [-0.2, -0.15) is 18.3 Å². The minimum absolute atomic E-state index is 0.188. The van der Waals surface area contributed by atoms with E-state index in [0.29, 0.717) is 11.4 Å². The van der Waals surface area contributed by atoms with E-state index >= 15 is 0 Å². The number of nitrogens with zero attached hydrogens (tertiary/aromatic N) is 4. The second kappa shape index (κ2) is 7.18. The molecule has 3 aromatic heterocycles. The summed E-state index contributed by atoms with van der Waals surface area (Å²) < 4.78 is 39.2. The molecular formula is C18H16F3N5O. The molecule has 0 bridgehead atoms. The number of hydrogen-bond acceptors (Lipinski definition) is 4. The van der Waals surface area contributed by atoms with E-state index in [-0.39, 0.29) is 11.4 Å². The maximum atomic E-state index is 12.6. The topological polar surface area (TPSA) is 72.7 Å². The summed E-state index contributed by atoms with van der Waals surface area (Å²) in [5.74, 6) is -0.203. The normalized spacial score (nSPS) is 11.4. The lowest BCUT2D eigenvalue weighted by molar-refractivity contribution is -0.137. The lowest BCUT2D eigenvalue weighted by Crippen LogP contribution is -2.13. The van der Waals surface area contributed by atoms with E-state index in [1.807, 2.05) is 13.0 Å². The van der Waals surface area contributed by atoms with Gasteiger partial charge in [0, 0.05) is 11.9 Å². The smallest absolute Gasteiger partial charge is 0.320 e. The highest BCUT2D eigenvalue weighted by molar-refractivity contribution is 6.04. The van der Waals surface area contributed by atoms with Crippen LogP contribution < -0.4 is 5.32 Å². The van der Waals surface area contributed by atoms with Crippen LogP contribution in [0.4, 0.5) is 18.9 Å². The molecule has 140 valence electrons. The maximum absolute atomic E-state index is 12.6. The molecule has 0 unspecified atom stereocenters. The number of aromatic nitrogens is 4. The van der Waals surface area contributed by atoms with Crippen LogP contribution in [0.1, 0.15) is 34.2 Å². The van der Waals surface area contributed by atoms with E-state index in [9.17, 15) is 18.0 Å². The zero-order valence-corrected chi connectivity index (χ0v) is 14.6. The first-order chi connectivity index (χ1) is 12.8. The van der Waals surface area contributed by atoms with Crippen LogP contribution in [0.25, 0.3) is 5.82 Å². The summed E-state index contributed by atoms with van der Waals surface area (Å²) in [5.41, 5.74) is 1.34. The molecule has 3 heterocycles. The van der Waals surface area contributed by atoms with Gasteiger partial charge in [-0.1, -0.05) is 6.92 Å². The summed E-state index contributed by atoms with van der Waals surface area (Å²) in [4.78, 5) is 20.5. The Balaban J connectivity index is 1.80. The van der Waals surface area contributed by atoms with E-state index in [4.69, 9.17) is 0 Å². The van der Waals surface area contributed by atoms with Gasteiger partial charge in [0.15, 0.2) is 5.82 Å². The van der Waals surface area contributed by atoms with Crippen molar-refractivity contribution in [1.82, 2.24) is 19.7 Å². The van der Waals surface area contributed by atoms with Crippen molar-refractivity contribution in [2.24, 2.45) is 0 Å². The molecule has 0 saturated carbocycles. The van der Waals surface area contributed by atoms with Crippen molar-refractivity contribution in [3.63, 3.8) is 0 Å². The summed E-state index contributed by atoms with van der Waals surface area (Å²) >= 11 is 0. The number of hydrogen-bond donors (Lipinski definition) is 1. The minimum atomic E-state index is -4.46. The zero-order valence-electron chi connectivity index (χ0n) is 14.6. The highest BCUT2D eigenvalue weighted by atomic mass is 19.4. The molecule has 27 heavy (non-hydrogen) atoms. The first-order valence-corrected chi connectivity index (χ1v) is 8.14. The second-order valence-electron chi connectivity index (χ2n) is 5.80. The summed E-state index contributed by atoms with van der Waals surface area (Å²) in [6.45, 7) is 3.62. The van der Waals surface area contributed by atoms with Gasteiger partial charge >= 0.3 is 6.18 Å². The SMILES string of the molecule is CCc1ccc(NC(=O)c2cnn(-c3ccc(C(F)(F)F)cn3)c2C)cn1. The summed E-state index contributed by atoms with van der Waals surface area (Å²) in [6.07, 6.45) is -0.0275. The minimum Gasteiger partial charge on any atom is -0.320 e. The quantitative estimate of drug-likeness (QED) is 0.753. The number of anilines is 1. The maximum Gasteiger partial charge on any atom is 0.417 e. The number of amides is 1. The fourth-order valence-electron chi connectivity index (χ4n) is 2.45. The first-order valence-electron chi connectivity index (χ1n) is 8.14. The Kier molecular flexibility index (Phi) is 4.93. The Morgan fingerprint density at radius 2 is 1.89 bits per heavy atom. The lowest BCUT2D eigenvalue weighted by atomic mass is 10.2. The largest absolute Gasteiger partial charge is 0.417 e. The molecule has 6 nitrogen and oxygen atoms in total. The highest BCUT2D eigenvalue weighted by Crippen LogP contribution is 2.28. The third-order valence-corrected chi connectivity index (χ3v) is 3.99. The van der Waals surface area contributed by atoms with Gasteiger partial charge in [-0.05, 0) is 37.6 Å². The van der Waals surface area contributed by atoms with Crippen molar-refractivity contribution in [3.8, 4) is 5.82 Å². The number of alkyl halides is 3. The molecule has 0 aliphatic carbocycles. The lowest BCUT2D eigenvalue weighted by Gasteiger charge is -2.08. The van der Waals surface area contributed by atoms with Crippen LogP contribution in [-0.2, 0) is 12.6 Å². The molecule has 0 aliphatic rings. The molecule has 3 aromatic rings. The predicted molar refractivity (Wildman–Crippen MR) is 92.7 cm³/mol. The monoisotopic (exact) mass is 375 g/mol. The molecule has 1 N–H and O–H groups in total. The standard InChI is InChI=1S/C18H16F3N5O/c1-3-13-5-6-14(9-22-13)25-17(27)15-10-24-26(11(15)2)16-7-4-12(8-23-16)18(19,20)21/h4-10H,3H2,1-2H3,(H,25,27). The third-order valence-electron chi connectivity index (χ3n) is 3.99. The van der Waals surface area contributed by atoms with Crippen molar-refractivity contribution in [2.75, 3.05) is 5.32 Å². The third kappa shape index (κ3) is 3.97. The molecule has 0 atom stereocenters. The van der Waals surface area contributed by atoms with Crippen LogP contribution >= 0.6 is 0 Å². The van der Waals surface area contributed by atoms with Crippen molar-refractivity contribution in [2.45, 2.75) is 26.4 Å². The number of halogens is 3. The van der Waals surface area contributed by atoms with Gasteiger partial charge in [0.05, 0.1) is 34.9 Å². The molecule has 1 amide bonds. The van der Waals surface area contributed by atoms with Crippen molar-refractivity contribution >= 4 is 11.6 Å². The Labute approximate surface area is 153 Å². The zero-order chi connectivity index (χ0) is 19.6.